The predicted octanol–water partition coefficient (Wildman–Crippen LogP) is 1.25. The largest absolute Gasteiger partial charge is 0.336 e. The third-order valence-electron chi connectivity index (χ3n) is 3.02. The number of rotatable bonds is 2. The molecule has 17 heavy (non-hydrogen) atoms. The highest BCUT2D eigenvalue weighted by Gasteiger charge is 2.18. The average Bonchev–Trinajstić information content (AvgIpc) is 2.39. The predicted molar refractivity (Wildman–Crippen MR) is 67.1 cm³/mol. The van der Waals surface area contributed by atoms with Gasteiger partial charge in [0.1, 0.15) is 0 Å². The zero-order chi connectivity index (χ0) is 12.3. The molecule has 0 aromatic carbocycles. The van der Waals surface area contributed by atoms with Crippen LogP contribution in [0.5, 0.6) is 0 Å². The van der Waals surface area contributed by atoms with Crippen molar-refractivity contribution in [3.8, 4) is 0 Å². The van der Waals surface area contributed by atoms with E-state index in [1.807, 2.05) is 11.0 Å². The van der Waals surface area contributed by atoms with Gasteiger partial charge in [-0.2, -0.15) is 0 Å². The van der Waals surface area contributed by atoms with Gasteiger partial charge in [-0.15, -0.1) is 0 Å². The van der Waals surface area contributed by atoms with Crippen LogP contribution < -0.4 is 5.32 Å². The van der Waals surface area contributed by atoms with Crippen LogP contribution in [0.2, 0.25) is 0 Å². The van der Waals surface area contributed by atoms with Crippen molar-refractivity contribution >= 4 is 5.91 Å². The maximum absolute atomic E-state index is 12.2. The molecule has 1 saturated heterocycles. The maximum atomic E-state index is 12.2. The van der Waals surface area contributed by atoms with Gasteiger partial charge in [0.25, 0.3) is 5.91 Å². The van der Waals surface area contributed by atoms with Crippen molar-refractivity contribution in [3.05, 3.63) is 29.6 Å². The number of pyridine rings is 1. The van der Waals surface area contributed by atoms with Crippen LogP contribution >= 0.6 is 0 Å². The number of amides is 1. The lowest BCUT2D eigenvalue weighted by Crippen LogP contribution is -2.46. The molecule has 2 rings (SSSR count). The molecule has 0 spiro atoms. The normalized spacial score (nSPS) is 16.3. The summed E-state index contributed by atoms with van der Waals surface area (Å²) in [6, 6.07) is 3.71. The van der Waals surface area contributed by atoms with Crippen molar-refractivity contribution in [2.24, 2.45) is 0 Å². The number of aromatic nitrogens is 1. The van der Waals surface area contributed by atoms with E-state index in [0.717, 1.165) is 37.4 Å². The Hall–Kier alpha value is -1.42. The highest BCUT2D eigenvalue weighted by molar-refractivity contribution is 5.94. The van der Waals surface area contributed by atoms with Gasteiger partial charge < -0.3 is 10.2 Å². The van der Waals surface area contributed by atoms with Gasteiger partial charge in [0.05, 0.1) is 0 Å². The zero-order valence-electron chi connectivity index (χ0n) is 10.4. The van der Waals surface area contributed by atoms with E-state index in [-0.39, 0.29) is 5.91 Å². The monoisotopic (exact) mass is 233 g/mol. The fourth-order valence-electron chi connectivity index (χ4n) is 1.95. The van der Waals surface area contributed by atoms with Gasteiger partial charge in [-0.1, -0.05) is 13.8 Å². The van der Waals surface area contributed by atoms with Gasteiger partial charge in [0.15, 0.2) is 0 Å². The first-order valence-electron chi connectivity index (χ1n) is 6.14. The van der Waals surface area contributed by atoms with Gasteiger partial charge in [-0.25, -0.2) is 0 Å². The average molecular weight is 233 g/mol. The molecule has 0 bridgehead atoms. The first-order valence-corrected chi connectivity index (χ1v) is 6.14. The summed E-state index contributed by atoms with van der Waals surface area (Å²) in [5, 5.41) is 3.24. The number of piperazine rings is 1. The second-order valence-corrected chi connectivity index (χ2v) is 4.67. The fourth-order valence-corrected chi connectivity index (χ4v) is 1.95. The summed E-state index contributed by atoms with van der Waals surface area (Å²) in [6.07, 6.45) is 1.73. The smallest absolute Gasteiger partial charge is 0.254 e. The number of hydrogen-bond donors (Lipinski definition) is 1. The van der Waals surface area contributed by atoms with E-state index in [1.165, 1.54) is 0 Å². The Morgan fingerprint density at radius 1 is 1.41 bits per heavy atom. The van der Waals surface area contributed by atoms with Gasteiger partial charge in [-0.3, -0.25) is 9.78 Å². The summed E-state index contributed by atoms with van der Waals surface area (Å²) >= 11 is 0. The SMILES string of the molecule is CC(C)c1cc(C(=O)N2CCNCC2)ccn1. The molecule has 1 amide bonds. The van der Waals surface area contributed by atoms with E-state index in [1.54, 1.807) is 12.3 Å². The molecule has 4 heteroatoms. The second-order valence-electron chi connectivity index (χ2n) is 4.67. The summed E-state index contributed by atoms with van der Waals surface area (Å²) in [6.45, 7) is 7.51. The van der Waals surface area contributed by atoms with Crippen molar-refractivity contribution in [1.82, 2.24) is 15.2 Å². The lowest BCUT2D eigenvalue weighted by Gasteiger charge is -2.27. The van der Waals surface area contributed by atoms with Crippen molar-refractivity contribution in [2.75, 3.05) is 26.2 Å². The summed E-state index contributed by atoms with van der Waals surface area (Å²) < 4.78 is 0. The van der Waals surface area contributed by atoms with Crippen LogP contribution in [0.25, 0.3) is 0 Å². The Bertz CT molecular complexity index is 397. The lowest BCUT2D eigenvalue weighted by molar-refractivity contribution is 0.0735. The first-order chi connectivity index (χ1) is 8.18. The topological polar surface area (TPSA) is 45.2 Å². The van der Waals surface area contributed by atoms with Crippen LogP contribution in [0, 0.1) is 0 Å². The van der Waals surface area contributed by atoms with Gasteiger partial charge in [0, 0.05) is 43.6 Å². The van der Waals surface area contributed by atoms with E-state index < -0.39 is 0 Å². The third-order valence-corrected chi connectivity index (χ3v) is 3.02. The van der Waals surface area contributed by atoms with Gasteiger partial charge in [-0.05, 0) is 18.1 Å². The number of carbonyl (C=O) groups excluding carboxylic acids is 1. The highest BCUT2D eigenvalue weighted by atomic mass is 16.2. The molecule has 1 aromatic heterocycles. The highest BCUT2D eigenvalue weighted by Crippen LogP contribution is 2.14. The van der Waals surface area contributed by atoms with E-state index in [2.05, 4.69) is 24.1 Å². The summed E-state index contributed by atoms with van der Waals surface area (Å²) in [5.74, 6) is 0.474. The third kappa shape index (κ3) is 2.82. The van der Waals surface area contributed by atoms with Crippen LogP contribution in [0.1, 0.15) is 35.8 Å². The Morgan fingerprint density at radius 2 is 2.12 bits per heavy atom. The van der Waals surface area contributed by atoms with Crippen LogP contribution in [0.15, 0.2) is 18.3 Å². The van der Waals surface area contributed by atoms with Crippen LogP contribution in [-0.2, 0) is 0 Å². The number of nitrogens with one attached hydrogen (secondary N) is 1. The van der Waals surface area contributed by atoms with Crippen LogP contribution in [0.3, 0.4) is 0 Å². The summed E-state index contributed by atoms with van der Waals surface area (Å²) in [5.41, 5.74) is 1.73. The zero-order valence-corrected chi connectivity index (χ0v) is 10.4. The molecule has 4 nitrogen and oxygen atoms in total. The van der Waals surface area contributed by atoms with E-state index >= 15 is 0 Å². The van der Waals surface area contributed by atoms with Gasteiger partial charge >= 0.3 is 0 Å². The molecule has 1 fully saturated rings. The standard InChI is InChI=1S/C13H19N3O/c1-10(2)12-9-11(3-4-15-12)13(17)16-7-5-14-6-8-16/h3-4,9-10,14H,5-8H2,1-2H3. The molecule has 0 saturated carbocycles. The molecular formula is C13H19N3O. The molecule has 1 aromatic rings. The Kier molecular flexibility index (Phi) is 3.74. The number of nitrogens with zero attached hydrogens (tertiary/aromatic N) is 2. The van der Waals surface area contributed by atoms with Crippen LogP contribution in [-0.4, -0.2) is 42.0 Å². The summed E-state index contributed by atoms with van der Waals surface area (Å²) in [4.78, 5) is 18.4. The molecule has 0 unspecified atom stereocenters. The Labute approximate surface area is 102 Å². The first kappa shape index (κ1) is 12.0. The molecule has 1 aliphatic rings. The van der Waals surface area contributed by atoms with E-state index in [4.69, 9.17) is 0 Å². The fraction of sp³-hybridized carbons (Fsp3) is 0.538. The lowest BCUT2D eigenvalue weighted by atomic mass is 10.1. The Balaban J connectivity index is 2.15. The molecule has 0 radical (unpaired) electrons. The van der Waals surface area contributed by atoms with Crippen molar-refractivity contribution in [1.29, 1.82) is 0 Å². The minimum atomic E-state index is 0.121. The quantitative estimate of drug-likeness (QED) is 0.836. The maximum Gasteiger partial charge on any atom is 0.254 e. The van der Waals surface area contributed by atoms with Crippen LogP contribution in [0.4, 0.5) is 0 Å². The Morgan fingerprint density at radius 3 is 2.76 bits per heavy atom. The van der Waals surface area contributed by atoms with E-state index in [0.29, 0.717) is 5.92 Å². The molecule has 2 heterocycles. The minimum Gasteiger partial charge on any atom is -0.336 e. The number of carbonyl (C=O) groups is 1. The van der Waals surface area contributed by atoms with Gasteiger partial charge in [0.2, 0.25) is 0 Å². The van der Waals surface area contributed by atoms with Crippen molar-refractivity contribution in [3.63, 3.8) is 0 Å². The number of hydrogen-bond acceptors (Lipinski definition) is 3. The molecular weight excluding hydrogens is 214 g/mol. The minimum absolute atomic E-state index is 0.121. The second kappa shape index (κ2) is 5.27. The van der Waals surface area contributed by atoms with E-state index in [9.17, 15) is 4.79 Å². The summed E-state index contributed by atoms with van der Waals surface area (Å²) in [7, 11) is 0. The molecule has 1 aliphatic heterocycles. The molecule has 0 atom stereocenters. The van der Waals surface area contributed by atoms with Crippen molar-refractivity contribution < 1.29 is 4.79 Å². The van der Waals surface area contributed by atoms with Crippen molar-refractivity contribution in [2.45, 2.75) is 19.8 Å². The molecule has 92 valence electrons. The molecule has 0 aliphatic carbocycles. The molecule has 1 N–H and O–H groups in total.